The number of carbonyl (C=O) groups is 2. The van der Waals surface area contributed by atoms with E-state index in [9.17, 15) is 14.4 Å². The number of anilines is 1. The van der Waals surface area contributed by atoms with E-state index in [1.165, 1.54) is 11.3 Å². The van der Waals surface area contributed by atoms with Gasteiger partial charge in [-0.3, -0.25) is 9.59 Å². The second-order valence-corrected chi connectivity index (χ2v) is 8.07. The van der Waals surface area contributed by atoms with Gasteiger partial charge in [0.2, 0.25) is 5.91 Å². The van der Waals surface area contributed by atoms with Crippen LogP contribution in [0.3, 0.4) is 0 Å². The number of hydrogen-bond acceptors (Lipinski definition) is 6. The zero-order chi connectivity index (χ0) is 22.7. The number of esters is 1. The zero-order valence-electron chi connectivity index (χ0n) is 17.6. The number of aryl methyl sites for hydroxylation is 1. The van der Waals surface area contributed by atoms with Gasteiger partial charge in [-0.05, 0) is 31.5 Å². The fourth-order valence-corrected chi connectivity index (χ4v) is 4.37. The number of thiophene rings is 1. The summed E-state index contributed by atoms with van der Waals surface area (Å²) < 4.78 is 6.31. The van der Waals surface area contributed by atoms with Crippen molar-refractivity contribution < 1.29 is 14.3 Å². The highest BCUT2D eigenvalue weighted by Crippen LogP contribution is 2.30. The molecule has 1 amide bonds. The molecule has 0 atom stereocenters. The van der Waals surface area contributed by atoms with E-state index in [2.05, 4.69) is 10.4 Å². The van der Waals surface area contributed by atoms with Crippen LogP contribution in [0.1, 0.15) is 28.5 Å². The number of nitrogens with zero attached hydrogens (tertiary/aromatic N) is 2. The first-order valence-corrected chi connectivity index (χ1v) is 11.0. The van der Waals surface area contributed by atoms with Gasteiger partial charge in [0.15, 0.2) is 5.69 Å². The molecule has 0 saturated heterocycles. The monoisotopic (exact) mass is 447 g/mol. The van der Waals surface area contributed by atoms with Gasteiger partial charge in [-0.15, -0.1) is 11.3 Å². The van der Waals surface area contributed by atoms with Crippen molar-refractivity contribution in [3.8, 4) is 5.69 Å². The van der Waals surface area contributed by atoms with Crippen LogP contribution in [0.2, 0.25) is 0 Å². The van der Waals surface area contributed by atoms with Crippen LogP contribution in [0.4, 0.5) is 5.00 Å². The van der Waals surface area contributed by atoms with E-state index in [0.717, 1.165) is 15.8 Å². The molecule has 0 aliphatic rings. The summed E-state index contributed by atoms with van der Waals surface area (Å²) in [7, 11) is 0. The van der Waals surface area contributed by atoms with E-state index >= 15 is 0 Å². The van der Waals surface area contributed by atoms with Crippen molar-refractivity contribution in [2.45, 2.75) is 20.3 Å². The number of rotatable bonds is 6. The van der Waals surface area contributed by atoms with Crippen LogP contribution in [0.5, 0.6) is 0 Å². The summed E-state index contributed by atoms with van der Waals surface area (Å²) in [5.74, 6) is -0.878. The van der Waals surface area contributed by atoms with Crippen molar-refractivity contribution in [2.24, 2.45) is 0 Å². The maximum absolute atomic E-state index is 13.3. The maximum Gasteiger partial charge on any atom is 0.359 e. The zero-order valence-corrected chi connectivity index (χ0v) is 18.4. The standard InChI is InChI=1S/C24H21N3O4S/c1-3-31-24(30)21-18-14-32-22(25-19(28)13-16-9-7-8-15(2)12-16)20(18)23(29)27(26-21)17-10-5-4-6-11-17/h4-12,14H,3,13H2,1-2H3,(H,25,28). The lowest BCUT2D eigenvalue weighted by molar-refractivity contribution is -0.115. The van der Waals surface area contributed by atoms with Gasteiger partial charge in [-0.2, -0.15) is 9.78 Å². The minimum atomic E-state index is -0.627. The molecule has 0 bridgehead atoms. The number of amides is 1. The Hall–Kier alpha value is -3.78. The molecule has 2 aromatic heterocycles. The third-order valence-corrected chi connectivity index (χ3v) is 5.72. The van der Waals surface area contributed by atoms with Crippen molar-refractivity contribution in [2.75, 3.05) is 11.9 Å². The molecule has 4 rings (SSSR count). The minimum absolute atomic E-state index is 0.0285. The van der Waals surface area contributed by atoms with Crippen LogP contribution < -0.4 is 10.9 Å². The summed E-state index contributed by atoms with van der Waals surface area (Å²) >= 11 is 1.18. The van der Waals surface area contributed by atoms with Crippen molar-refractivity contribution in [1.29, 1.82) is 0 Å². The minimum Gasteiger partial charge on any atom is -0.461 e. The lowest BCUT2D eigenvalue weighted by Gasteiger charge is -2.10. The SMILES string of the molecule is CCOC(=O)c1nn(-c2ccccc2)c(=O)c2c(NC(=O)Cc3cccc(C)c3)scc12. The number of nitrogens with one attached hydrogen (secondary N) is 1. The van der Waals surface area contributed by atoms with Gasteiger partial charge in [-0.25, -0.2) is 4.79 Å². The molecule has 0 fully saturated rings. The fraction of sp³-hybridized carbons (Fsp3) is 0.167. The molecule has 1 N–H and O–H groups in total. The summed E-state index contributed by atoms with van der Waals surface area (Å²) in [5.41, 5.74) is 2.05. The second kappa shape index (κ2) is 9.15. The average Bonchev–Trinajstić information content (AvgIpc) is 3.18. The Bertz CT molecular complexity index is 1360. The number of para-hydroxylation sites is 1. The van der Waals surface area contributed by atoms with E-state index in [-0.39, 0.29) is 30.0 Å². The topological polar surface area (TPSA) is 90.3 Å². The third kappa shape index (κ3) is 4.31. The number of carbonyl (C=O) groups excluding carboxylic acids is 2. The van der Waals surface area contributed by atoms with Gasteiger partial charge < -0.3 is 10.1 Å². The predicted molar refractivity (Wildman–Crippen MR) is 125 cm³/mol. The van der Waals surface area contributed by atoms with E-state index in [4.69, 9.17) is 4.74 Å². The summed E-state index contributed by atoms with van der Waals surface area (Å²) in [5, 5.41) is 9.73. The molecule has 0 aliphatic carbocycles. The predicted octanol–water partition coefficient (Wildman–Crippen LogP) is 4.11. The second-order valence-electron chi connectivity index (χ2n) is 7.19. The van der Waals surface area contributed by atoms with Crippen LogP contribution in [-0.2, 0) is 16.0 Å². The van der Waals surface area contributed by atoms with Gasteiger partial charge in [0, 0.05) is 10.8 Å². The van der Waals surface area contributed by atoms with Crippen LogP contribution in [0.15, 0.2) is 64.8 Å². The number of aromatic nitrogens is 2. The van der Waals surface area contributed by atoms with Gasteiger partial charge in [0.05, 0.1) is 24.1 Å². The molecule has 2 heterocycles. The normalized spacial score (nSPS) is 10.8. The highest BCUT2D eigenvalue weighted by atomic mass is 32.1. The lowest BCUT2D eigenvalue weighted by Crippen LogP contribution is -2.25. The summed E-state index contributed by atoms with van der Waals surface area (Å²) in [6.07, 6.45) is 0.170. The Morgan fingerprint density at radius 1 is 1.12 bits per heavy atom. The van der Waals surface area contributed by atoms with Crippen LogP contribution >= 0.6 is 11.3 Å². The quantitative estimate of drug-likeness (QED) is 0.449. The molecule has 8 heteroatoms. The Kier molecular flexibility index (Phi) is 6.13. The highest BCUT2D eigenvalue weighted by molar-refractivity contribution is 7.16. The first kappa shape index (κ1) is 21.5. The van der Waals surface area contributed by atoms with Gasteiger partial charge >= 0.3 is 5.97 Å². The van der Waals surface area contributed by atoms with Gasteiger partial charge in [-0.1, -0.05) is 48.0 Å². The molecule has 0 radical (unpaired) electrons. The van der Waals surface area contributed by atoms with Crippen LogP contribution in [0.25, 0.3) is 16.5 Å². The Morgan fingerprint density at radius 2 is 1.91 bits per heavy atom. The molecule has 0 spiro atoms. The molecule has 7 nitrogen and oxygen atoms in total. The molecule has 32 heavy (non-hydrogen) atoms. The maximum atomic E-state index is 13.3. The fourth-order valence-electron chi connectivity index (χ4n) is 3.41. The van der Waals surface area contributed by atoms with Crippen LogP contribution in [-0.4, -0.2) is 28.3 Å². The van der Waals surface area contributed by atoms with Crippen LogP contribution in [0, 0.1) is 6.92 Å². The smallest absolute Gasteiger partial charge is 0.359 e. The molecule has 0 aliphatic heterocycles. The van der Waals surface area contributed by atoms with E-state index in [1.807, 2.05) is 37.3 Å². The summed E-state index contributed by atoms with van der Waals surface area (Å²) in [4.78, 5) is 38.6. The molecule has 4 aromatic rings. The van der Waals surface area contributed by atoms with E-state index < -0.39 is 11.5 Å². The Morgan fingerprint density at radius 3 is 2.62 bits per heavy atom. The molecule has 0 unspecified atom stereocenters. The van der Waals surface area contributed by atoms with E-state index in [1.54, 1.807) is 36.6 Å². The Balaban J connectivity index is 1.79. The van der Waals surface area contributed by atoms with Gasteiger partial charge in [0.1, 0.15) is 5.00 Å². The molecule has 2 aromatic carbocycles. The van der Waals surface area contributed by atoms with Crippen molar-refractivity contribution >= 4 is 39.0 Å². The van der Waals surface area contributed by atoms with E-state index in [0.29, 0.717) is 16.1 Å². The number of fused-ring (bicyclic) bond motifs is 1. The first-order valence-electron chi connectivity index (χ1n) is 10.1. The molecular formula is C24H21N3O4S. The summed E-state index contributed by atoms with van der Waals surface area (Å²) in [6, 6.07) is 16.5. The van der Waals surface area contributed by atoms with Crippen molar-refractivity contribution in [1.82, 2.24) is 9.78 Å². The lowest BCUT2D eigenvalue weighted by atomic mass is 10.1. The molecule has 162 valence electrons. The highest BCUT2D eigenvalue weighted by Gasteiger charge is 2.23. The Labute approximate surface area is 188 Å². The first-order chi connectivity index (χ1) is 15.5. The van der Waals surface area contributed by atoms with Gasteiger partial charge in [0.25, 0.3) is 5.56 Å². The van der Waals surface area contributed by atoms with Crippen molar-refractivity contribution in [3.05, 3.63) is 87.2 Å². The number of benzene rings is 2. The average molecular weight is 448 g/mol. The molecular weight excluding hydrogens is 426 g/mol. The number of hydrogen-bond donors (Lipinski definition) is 1. The number of ether oxygens (including phenoxy) is 1. The summed E-state index contributed by atoms with van der Waals surface area (Å²) in [6.45, 7) is 3.84. The van der Waals surface area contributed by atoms with Crippen molar-refractivity contribution in [3.63, 3.8) is 0 Å². The third-order valence-electron chi connectivity index (χ3n) is 4.82. The largest absolute Gasteiger partial charge is 0.461 e. The molecule has 0 saturated carbocycles.